The van der Waals surface area contributed by atoms with Gasteiger partial charge in [-0.3, -0.25) is 19.7 Å². The van der Waals surface area contributed by atoms with Gasteiger partial charge in [-0.2, -0.15) is 4.28 Å². The van der Waals surface area contributed by atoms with Crippen LogP contribution in [0.2, 0.25) is 0 Å². The Hall–Kier alpha value is -2.77. The Bertz CT molecular complexity index is 641. The van der Waals surface area contributed by atoms with Crippen molar-refractivity contribution in [3.63, 3.8) is 0 Å². The molecule has 0 spiro atoms. The number of pyridine rings is 1. The zero-order chi connectivity index (χ0) is 20.8. The molecule has 1 rings (SSSR count). The molecule has 150 valence electrons. The standard InChI is InChI=1S/C9H16N2O5S.C5H5N3O2/c1-15-9(14)7(12)5-3-2-4-6-8(13)11(10)16-17;6-5-2-1-4(3-7-5)8(9)10/h17H,2-6,10H2,1H3;1-3H,(H2,6,7). The lowest BCUT2D eigenvalue weighted by molar-refractivity contribution is -0.385. The fraction of sp³-hybridized carbons (Fsp3) is 0.429. The topological polar surface area (TPSA) is 181 Å². The van der Waals surface area contributed by atoms with Crippen molar-refractivity contribution in [1.82, 2.24) is 10.2 Å². The Morgan fingerprint density at radius 1 is 1.26 bits per heavy atom. The lowest BCUT2D eigenvalue weighted by Crippen LogP contribution is -2.34. The van der Waals surface area contributed by atoms with Gasteiger partial charge in [0, 0.05) is 31.8 Å². The van der Waals surface area contributed by atoms with E-state index in [0.29, 0.717) is 24.4 Å². The highest BCUT2D eigenvalue weighted by atomic mass is 32.1. The maximum Gasteiger partial charge on any atom is 0.374 e. The number of thiol groups is 1. The average Bonchev–Trinajstić information content (AvgIpc) is 2.66. The lowest BCUT2D eigenvalue weighted by Gasteiger charge is -2.10. The van der Waals surface area contributed by atoms with E-state index in [-0.39, 0.29) is 24.3 Å². The minimum Gasteiger partial charge on any atom is -0.463 e. The number of hydroxylamine groups is 1. The summed E-state index contributed by atoms with van der Waals surface area (Å²) < 4.78 is 8.46. The third-order valence-electron chi connectivity index (χ3n) is 3.02. The number of anilines is 1. The maximum absolute atomic E-state index is 11.1. The lowest BCUT2D eigenvalue weighted by atomic mass is 10.1. The van der Waals surface area contributed by atoms with E-state index in [1.165, 1.54) is 12.1 Å². The van der Waals surface area contributed by atoms with Crippen molar-refractivity contribution in [3.05, 3.63) is 28.4 Å². The molecule has 0 unspecified atom stereocenters. The molecule has 0 aromatic carbocycles. The predicted molar refractivity (Wildman–Crippen MR) is 96.5 cm³/mol. The number of carbonyl (C=O) groups excluding carboxylic acids is 3. The number of hydrogen-bond donors (Lipinski definition) is 3. The maximum atomic E-state index is 11.1. The van der Waals surface area contributed by atoms with Crippen LogP contribution in [0.15, 0.2) is 18.3 Å². The van der Waals surface area contributed by atoms with Gasteiger partial charge in [0.05, 0.1) is 12.0 Å². The highest BCUT2D eigenvalue weighted by Crippen LogP contribution is 2.08. The summed E-state index contributed by atoms with van der Waals surface area (Å²) in [6.45, 7) is 0. The molecule has 1 amide bonds. The number of nitro groups is 1. The zero-order valence-electron chi connectivity index (χ0n) is 14.6. The van der Waals surface area contributed by atoms with Crippen molar-refractivity contribution in [1.29, 1.82) is 0 Å². The number of amides is 1. The predicted octanol–water partition coefficient (Wildman–Crippen LogP) is 0.730. The molecule has 0 fully saturated rings. The molecule has 0 aliphatic rings. The van der Waals surface area contributed by atoms with Gasteiger partial charge in [-0.25, -0.2) is 15.6 Å². The number of aromatic nitrogens is 1. The van der Waals surface area contributed by atoms with E-state index in [0.717, 1.165) is 13.3 Å². The van der Waals surface area contributed by atoms with Gasteiger partial charge in [0.25, 0.3) is 11.6 Å². The van der Waals surface area contributed by atoms with Crippen molar-refractivity contribution in [2.45, 2.75) is 32.1 Å². The van der Waals surface area contributed by atoms with Gasteiger partial charge in [0.15, 0.2) is 0 Å². The highest BCUT2D eigenvalue weighted by Gasteiger charge is 2.13. The van der Waals surface area contributed by atoms with Gasteiger partial charge in [0.1, 0.15) is 12.0 Å². The first-order valence-corrected chi connectivity index (χ1v) is 7.95. The van der Waals surface area contributed by atoms with Crippen LogP contribution in [0.4, 0.5) is 11.5 Å². The van der Waals surface area contributed by atoms with Crippen LogP contribution < -0.4 is 11.6 Å². The number of nitrogens with zero attached hydrogens (tertiary/aromatic N) is 3. The fourth-order valence-electron chi connectivity index (χ4n) is 1.62. The number of hydrogen-bond acceptors (Lipinski definition) is 11. The number of methoxy groups -OCH3 is 1. The molecule has 0 aliphatic heterocycles. The third kappa shape index (κ3) is 10.7. The Balaban J connectivity index is 0.000000569. The summed E-state index contributed by atoms with van der Waals surface area (Å²) in [6.07, 6.45) is 3.15. The van der Waals surface area contributed by atoms with E-state index >= 15 is 0 Å². The summed E-state index contributed by atoms with van der Waals surface area (Å²) in [5, 5.41) is 10.6. The number of esters is 1. The van der Waals surface area contributed by atoms with Gasteiger partial charge in [0.2, 0.25) is 5.78 Å². The molecular weight excluding hydrogens is 382 g/mol. The minimum absolute atomic E-state index is 0.0470. The Labute approximate surface area is 160 Å². The molecule has 0 saturated carbocycles. The molecule has 1 heterocycles. The van der Waals surface area contributed by atoms with E-state index in [2.05, 4.69) is 26.9 Å². The van der Waals surface area contributed by atoms with Crippen LogP contribution in [0.5, 0.6) is 0 Å². The first-order chi connectivity index (χ1) is 12.7. The van der Waals surface area contributed by atoms with Crippen LogP contribution in [0, 0.1) is 10.1 Å². The first-order valence-electron chi connectivity index (χ1n) is 7.59. The summed E-state index contributed by atoms with van der Waals surface area (Å²) >= 11 is 3.36. The molecule has 0 atom stereocenters. The van der Waals surface area contributed by atoms with Crippen molar-refractivity contribution in [2.75, 3.05) is 12.8 Å². The molecule has 0 aliphatic carbocycles. The van der Waals surface area contributed by atoms with Crippen LogP contribution in [-0.2, 0) is 23.4 Å². The second kappa shape index (κ2) is 13.4. The van der Waals surface area contributed by atoms with Gasteiger partial charge in [-0.1, -0.05) is 6.42 Å². The fourth-order valence-corrected chi connectivity index (χ4v) is 1.71. The number of rotatable bonds is 9. The van der Waals surface area contributed by atoms with E-state index < -0.39 is 22.6 Å². The number of Topliss-reactive ketones (excluding diaryl/α,β-unsaturated/α-hetero) is 1. The quantitative estimate of drug-likeness (QED) is 0.0611. The molecule has 0 saturated heterocycles. The minimum atomic E-state index is -0.835. The van der Waals surface area contributed by atoms with E-state index in [4.69, 9.17) is 11.6 Å². The highest BCUT2D eigenvalue weighted by molar-refractivity contribution is 7.75. The van der Waals surface area contributed by atoms with Crippen molar-refractivity contribution in [3.8, 4) is 0 Å². The summed E-state index contributed by atoms with van der Waals surface area (Å²) in [6, 6.07) is 2.69. The molecule has 4 N–H and O–H groups in total. The number of carbonyl (C=O) groups is 3. The van der Waals surface area contributed by atoms with E-state index in [1.807, 2.05) is 0 Å². The molecule has 12 nitrogen and oxygen atoms in total. The Morgan fingerprint density at radius 2 is 1.89 bits per heavy atom. The molecule has 27 heavy (non-hydrogen) atoms. The second-order valence-electron chi connectivity index (χ2n) is 4.97. The van der Waals surface area contributed by atoms with Crippen molar-refractivity contribution < 1.29 is 28.3 Å². The van der Waals surface area contributed by atoms with Crippen LogP contribution in [0.3, 0.4) is 0 Å². The number of hydrazine groups is 1. The molecule has 13 heteroatoms. The third-order valence-corrected chi connectivity index (χ3v) is 3.20. The number of nitrogens with two attached hydrogens (primary N) is 2. The van der Waals surface area contributed by atoms with Gasteiger partial charge in [-0.05, 0) is 18.9 Å². The molecule has 0 bridgehead atoms. The largest absolute Gasteiger partial charge is 0.463 e. The zero-order valence-corrected chi connectivity index (χ0v) is 15.5. The number of ether oxygens (including phenoxy) is 1. The summed E-state index contributed by atoms with van der Waals surface area (Å²) in [7, 11) is 1.16. The van der Waals surface area contributed by atoms with Crippen molar-refractivity contribution in [2.24, 2.45) is 5.84 Å². The van der Waals surface area contributed by atoms with Crippen LogP contribution in [0.25, 0.3) is 0 Å². The molecule has 1 aromatic rings. The summed E-state index contributed by atoms with van der Waals surface area (Å²) in [4.78, 5) is 45.9. The Morgan fingerprint density at radius 3 is 2.37 bits per heavy atom. The summed E-state index contributed by atoms with van der Waals surface area (Å²) in [5.41, 5.74) is 5.15. The van der Waals surface area contributed by atoms with Crippen LogP contribution in [0.1, 0.15) is 32.1 Å². The molecule has 1 aromatic heterocycles. The van der Waals surface area contributed by atoms with Gasteiger partial charge < -0.3 is 10.5 Å². The van der Waals surface area contributed by atoms with Gasteiger partial charge in [-0.15, -0.1) is 5.17 Å². The molecule has 0 radical (unpaired) electrons. The number of unbranched alkanes of at least 4 members (excludes halogenated alkanes) is 2. The Kier molecular flexibility index (Phi) is 12.1. The SMILES string of the molecule is COC(=O)C(=O)CCCCCC(=O)N(N)OS.Nc1ccc([N+](=O)[O-])cn1. The normalized spacial score (nSPS) is 9.59. The van der Waals surface area contributed by atoms with Gasteiger partial charge >= 0.3 is 5.97 Å². The monoisotopic (exact) mass is 403 g/mol. The smallest absolute Gasteiger partial charge is 0.374 e. The van der Waals surface area contributed by atoms with Crippen molar-refractivity contribution >= 4 is 42.1 Å². The number of nitrogen functional groups attached to an aromatic ring is 1. The second-order valence-corrected chi connectivity index (χ2v) is 5.14. The van der Waals surface area contributed by atoms with Crippen LogP contribution in [-0.4, -0.2) is 39.8 Å². The van der Waals surface area contributed by atoms with Crippen LogP contribution >= 0.6 is 12.9 Å². The van der Waals surface area contributed by atoms with E-state index in [9.17, 15) is 24.5 Å². The first kappa shape index (κ1) is 24.2. The van der Waals surface area contributed by atoms with E-state index in [1.54, 1.807) is 0 Å². The molecular formula is C14H21N5O7S. The average molecular weight is 403 g/mol. The summed E-state index contributed by atoms with van der Waals surface area (Å²) in [5.74, 6) is 3.59. The number of ketones is 1.